The van der Waals surface area contributed by atoms with Crippen LogP contribution in [-0.2, 0) is 9.59 Å². The second-order valence-corrected chi connectivity index (χ2v) is 6.83. The summed E-state index contributed by atoms with van der Waals surface area (Å²) in [7, 11) is 0. The highest BCUT2D eigenvalue weighted by Gasteiger charge is 2.33. The summed E-state index contributed by atoms with van der Waals surface area (Å²) in [6, 6.07) is 4.42. The van der Waals surface area contributed by atoms with Crippen LogP contribution in [0.4, 0.5) is 0 Å². The van der Waals surface area contributed by atoms with Crippen molar-refractivity contribution in [3.8, 4) is 0 Å². The van der Waals surface area contributed by atoms with Crippen LogP contribution in [0.2, 0.25) is 0 Å². The monoisotopic (exact) mass is 306 g/mol. The predicted octanol–water partition coefficient (Wildman–Crippen LogP) is 2.81. The van der Waals surface area contributed by atoms with E-state index in [0.29, 0.717) is 19.4 Å². The Morgan fingerprint density at radius 2 is 2.19 bits per heavy atom. The Balaban J connectivity index is 1.51. The third-order valence-corrected chi connectivity index (χ3v) is 5.45. The summed E-state index contributed by atoms with van der Waals surface area (Å²) in [5, 5.41) is 2.06. The van der Waals surface area contributed by atoms with E-state index in [1.54, 1.807) is 11.3 Å². The zero-order chi connectivity index (χ0) is 14.7. The molecule has 0 aliphatic carbocycles. The van der Waals surface area contributed by atoms with E-state index in [0.717, 1.165) is 38.8 Å². The average Bonchev–Trinajstić information content (AvgIpc) is 2.85. The molecular weight excluding hydrogens is 284 g/mol. The summed E-state index contributed by atoms with van der Waals surface area (Å²) < 4.78 is 0. The average molecular weight is 306 g/mol. The van der Waals surface area contributed by atoms with Gasteiger partial charge in [0.1, 0.15) is 0 Å². The minimum absolute atomic E-state index is 0.191. The van der Waals surface area contributed by atoms with E-state index < -0.39 is 0 Å². The van der Waals surface area contributed by atoms with Crippen molar-refractivity contribution in [2.75, 3.05) is 19.6 Å². The molecule has 1 unspecified atom stereocenters. The van der Waals surface area contributed by atoms with Gasteiger partial charge in [0.25, 0.3) is 0 Å². The van der Waals surface area contributed by atoms with Gasteiger partial charge in [-0.15, -0.1) is 11.3 Å². The van der Waals surface area contributed by atoms with Gasteiger partial charge in [0.2, 0.25) is 11.8 Å². The summed E-state index contributed by atoms with van der Waals surface area (Å²) in [6.45, 7) is 2.27. The van der Waals surface area contributed by atoms with E-state index >= 15 is 0 Å². The minimum atomic E-state index is 0.191. The van der Waals surface area contributed by atoms with Gasteiger partial charge in [-0.05, 0) is 30.7 Å². The van der Waals surface area contributed by atoms with Gasteiger partial charge in [0, 0.05) is 37.4 Å². The Hall–Kier alpha value is -1.36. The molecule has 2 saturated heterocycles. The molecule has 2 aliphatic heterocycles. The lowest BCUT2D eigenvalue weighted by molar-refractivity contribution is -0.140. The van der Waals surface area contributed by atoms with Gasteiger partial charge in [-0.1, -0.05) is 12.5 Å². The fraction of sp³-hybridized carbons (Fsp3) is 0.625. The number of hydrogen-bond donors (Lipinski definition) is 0. The van der Waals surface area contributed by atoms with Gasteiger partial charge in [-0.2, -0.15) is 0 Å². The number of carbonyl (C=O) groups is 2. The van der Waals surface area contributed by atoms with Gasteiger partial charge in [-0.3, -0.25) is 9.59 Å². The summed E-state index contributed by atoms with van der Waals surface area (Å²) in [5.74, 6) is 0.412. The number of thiophene rings is 1. The maximum atomic E-state index is 12.4. The van der Waals surface area contributed by atoms with Crippen LogP contribution in [0.25, 0.3) is 0 Å². The van der Waals surface area contributed by atoms with Crippen LogP contribution in [0, 0.1) is 0 Å². The van der Waals surface area contributed by atoms with Crippen molar-refractivity contribution in [3.05, 3.63) is 22.4 Å². The van der Waals surface area contributed by atoms with Crippen molar-refractivity contribution >= 4 is 23.2 Å². The van der Waals surface area contributed by atoms with Crippen molar-refractivity contribution in [1.29, 1.82) is 0 Å². The topological polar surface area (TPSA) is 40.6 Å². The highest BCUT2D eigenvalue weighted by atomic mass is 32.1. The third kappa shape index (κ3) is 3.28. The number of hydrogen-bond acceptors (Lipinski definition) is 3. The van der Waals surface area contributed by atoms with E-state index in [-0.39, 0.29) is 17.9 Å². The fourth-order valence-corrected chi connectivity index (χ4v) is 3.99. The molecule has 1 aromatic rings. The van der Waals surface area contributed by atoms with Crippen LogP contribution < -0.4 is 0 Å². The molecule has 114 valence electrons. The summed E-state index contributed by atoms with van der Waals surface area (Å²) in [5.41, 5.74) is 0. The van der Waals surface area contributed by atoms with Crippen LogP contribution in [0.5, 0.6) is 0 Å². The molecule has 3 heterocycles. The molecule has 0 aromatic carbocycles. The molecular formula is C16H22N2O2S. The van der Waals surface area contributed by atoms with E-state index in [2.05, 4.69) is 11.4 Å². The lowest BCUT2D eigenvalue weighted by Gasteiger charge is -2.41. The first-order valence-electron chi connectivity index (χ1n) is 7.86. The second kappa shape index (κ2) is 6.60. The lowest BCUT2D eigenvalue weighted by Crippen LogP contribution is -2.46. The molecule has 5 heteroatoms. The molecule has 0 saturated carbocycles. The third-order valence-electron chi connectivity index (χ3n) is 4.48. The number of likely N-dealkylation sites (tertiary alicyclic amines) is 2. The molecule has 21 heavy (non-hydrogen) atoms. The van der Waals surface area contributed by atoms with Crippen molar-refractivity contribution in [3.63, 3.8) is 0 Å². The highest BCUT2D eigenvalue weighted by Crippen LogP contribution is 2.36. The molecule has 3 rings (SSSR count). The van der Waals surface area contributed by atoms with E-state index in [4.69, 9.17) is 0 Å². The van der Waals surface area contributed by atoms with Gasteiger partial charge in [0.05, 0.1) is 6.04 Å². The van der Waals surface area contributed by atoms with E-state index in [1.807, 2.05) is 15.9 Å². The van der Waals surface area contributed by atoms with E-state index in [9.17, 15) is 9.59 Å². The smallest absolute Gasteiger partial charge is 0.224 e. The van der Waals surface area contributed by atoms with Gasteiger partial charge in [-0.25, -0.2) is 0 Å². The number of nitrogens with zero attached hydrogens (tertiary/aromatic N) is 2. The molecule has 2 fully saturated rings. The summed E-state index contributed by atoms with van der Waals surface area (Å²) >= 11 is 1.72. The lowest BCUT2D eigenvalue weighted by atomic mass is 10.0. The fourth-order valence-electron chi connectivity index (χ4n) is 3.11. The number of rotatable bonds is 4. The van der Waals surface area contributed by atoms with Gasteiger partial charge >= 0.3 is 0 Å². The molecule has 0 N–H and O–H groups in total. The molecule has 0 bridgehead atoms. The van der Waals surface area contributed by atoms with Crippen LogP contribution in [-0.4, -0.2) is 41.2 Å². The van der Waals surface area contributed by atoms with Crippen LogP contribution in [0.15, 0.2) is 17.5 Å². The molecule has 1 atom stereocenters. The van der Waals surface area contributed by atoms with E-state index in [1.165, 1.54) is 4.88 Å². The SMILES string of the molecule is O=C1CCCCCN1CCC(=O)N1CCC1c1cccs1. The first-order valence-corrected chi connectivity index (χ1v) is 8.74. The Bertz CT molecular complexity index is 500. The summed E-state index contributed by atoms with van der Waals surface area (Å²) in [4.78, 5) is 29.4. The number of carbonyl (C=O) groups excluding carboxylic acids is 2. The summed E-state index contributed by atoms with van der Waals surface area (Å²) in [6.07, 6.45) is 5.37. The number of amides is 2. The predicted molar refractivity (Wildman–Crippen MR) is 83.1 cm³/mol. The van der Waals surface area contributed by atoms with Crippen molar-refractivity contribution in [1.82, 2.24) is 9.80 Å². The van der Waals surface area contributed by atoms with Crippen molar-refractivity contribution in [2.45, 2.75) is 44.6 Å². The highest BCUT2D eigenvalue weighted by molar-refractivity contribution is 7.10. The largest absolute Gasteiger partial charge is 0.342 e. The maximum Gasteiger partial charge on any atom is 0.224 e. The Morgan fingerprint density at radius 1 is 1.29 bits per heavy atom. The van der Waals surface area contributed by atoms with Crippen molar-refractivity contribution < 1.29 is 9.59 Å². The zero-order valence-corrected chi connectivity index (χ0v) is 13.1. The molecule has 0 radical (unpaired) electrons. The normalized spacial score (nSPS) is 22.9. The zero-order valence-electron chi connectivity index (χ0n) is 12.3. The Labute approximate surface area is 129 Å². The molecule has 1 aromatic heterocycles. The second-order valence-electron chi connectivity index (χ2n) is 5.85. The van der Waals surface area contributed by atoms with Crippen LogP contribution in [0.3, 0.4) is 0 Å². The van der Waals surface area contributed by atoms with Gasteiger partial charge in [0.15, 0.2) is 0 Å². The molecule has 4 nitrogen and oxygen atoms in total. The first kappa shape index (κ1) is 14.6. The Morgan fingerprint density at radius 3 is 2.90 bits per heavy atom. The Kier molecular flexibility index (Phi) is 4.58. The van der Waals surface area contributed by atoms with Crippen molar-refractivity contribution in [2.24, 2.45) is 0 Å². The standard InChI is InChI=1S/C16H22N2O2S/c19-15-6-2-1-3-9-17(15)10-8-16(20)18-11-7-13(18)14-5-4-12-21-14/h4-5,12-13H,1-3,6-11H2. The molecule has 2 amide bonds. The maximum absolute atomic E-state index is 12.4. The molecule has 2 aliphatic rings. The van der Waals surface area contributed by atoms with Crippen LogP contribution in [0.1, 0.15) is 49.4 Å². The minimum Gasteiger partial charge on any atom is -0.342 e. The molecule has 0 spiro atoms. The quantitative estimate of drug-likeness (QED) is 0.858. The van der Waals surface area contributed by atoms with Crippen LogP contribution >= 0.6 is 11.3 Å². The van der Waals surface area contributed by atoms with Gasteiger partial charge < -0.3 is 9.80 Å². The first-order chi connectivity index (χ1) is 10.3.